The van der Waals surface area contributed by atoms with E-state index in [1.165, 1.54) is 12.1 Å². The van der Waals surface area contributed by atoms with Gasteiger partial charge in [-0.25, -0.2) is 9.37 Å². The van der Waals surface area contributed by atoms with E-state index in [9.17, 15) is 14.0 Å². The molecule has 8 heteroatoms. The first kappa shape index (κ1) is 21.0. The number of carbonyl (C=O) groups excluding carboxylic acids is 2. The van der Waals surface area contributed by atoms with Crippen LogP contribution in [0.25, 0.3) is 10.9 Å². The monoisotopic (exact) mass is 423 g/mol. The molecule has 3 aromatic rings. The lowest BCUT2D eigenvalue weighted by atomic mass is 9.90. The van der Waals surface area contributed by atoms with Crippen LogP contribution in [0.5, 0.6) is 0 Å². The Morgan fingerprint density at radius 1 is 1.29 bits per heavy atom. The number of imidazole rings is 1. The number of rotatable bonds is 5. The van der Waals surface area contributed by atoms with Crippen LogP contribution in [0.3, 0.4) is 0 Å². The van der Waals surface area contributed by atoms with Gasteiger partial charge in [0.2, 0.25) is 5.91 Å². The molecule has 3 heterocycles. The third-order valence-corrected chi connectivity index (χ3v) is 5.80. The number of likely N-dealkylation sites (tertiary alicyclic amines) is 1. The molecule has 7 nitrogen and oxygen atoms in total. The summed E-state index contributed by atoms with van der Waals surface area (Å²) in [4.78, 5) is 35.9. The first-order valence-electron chi connectivity index (χ1n) is 10.5. The first-order chi connectivity index (χ1) is 14.8. The van der Waals surface area contributed by atoms with Crippen LogP contribution in [0, 0.1) is 5.82 Å². The molecule has 162 valence electrons. The topological polar surface area (TPSA) is 94.1 Å². The Morgan fingerprint density at radius 3 is 2.84 bits per heavy atom. The number of fused-ring (bicyclic) bond motifs is 1. The summed E-state index contributed by atoms with van der Waals surface area (Å²) in [6, 6.07) is 5.88. The molecule has 0 bridgehead atoms. The zero-order chi connectivity index (χ0) is 22.1. The van der Waals surface area contributed by atoms with Crippen LogP contribution in [0.4, 0.5) is 4.39 Å². The van der Waals surface area contributed by atoms with Crippen molar-refractivity contribution in [2.75, 3.05) is 13.1 Å². The molecule has 2 N–H and O–H groups in total. The molecule has 0 aliphatic carbocycles. The lowest BCUT2D eigenvalue weighted by molar-refractivity contribution is -0.133. The predicted octanol–water partition coefficient (Wildman–Crippen LogP) is 3.20. The summed E-state index contributed by atoms with van der Waals surface area (Å²) in [5.74, 6) is 0.00221. The Bertz CT molecular complexity index is 1140. The van der Waals surface area contributed by atoms with Gasteiger partial charge in [-0.1, -0.05) is 13.8 Å². The Balaban J connectivity index is 1.59. The van der Waals surface area contributed by atoms with Crippen molar-refractivity contribution in [2.45, 2.75) is 45.1 Å². The minimum Gasteiger partial charge on any atom is -0.366 e. The van der Waals surface area contributed by atoms with E-state index in [1.54, 1.807) is 18.3 Å². The van der Waals surface area contributed by atoms with E-state index in [2.05, 4.69) is 9.97 Å². The van der Waals surface area contributed by atoms with E-state index < -0.39 is 11.7 Å². The molecule has 1 aromatic carbocycles. The number of hydrogen-bond donors (Lipinski definition) is 1. The van der Waals surface area contributed by atoms with Crippen LogP contribution < -0.4 is 5.73 Å². The number of nitrogens with two attached hydrogens (primary N) is 1. The molecule has 1 aliphatic rings. The maximum Gasteiger partial charge on any atom is 0.250 e. The maximum atomic E-state index is 13.6. The molecule has 1 atom stereocenters. The van der Waals surface area contributed by atoms with Gasteiger partial charge >= 0.3 is 0 Å². The van der Waals surface area contributed by atoms with E-state index in [1.807, 2.05) is 29.5 Å². The Morgan fingerprint density at radius 2 is 2.10 bits per heavy atom. The molecule has 0 spiro atoms. The zero-order valence-electron chi connectivity index (χ0n) is 17.7. The number of carbonyl (C=O) groups is 2. The number of primary amides is 1. The summed E-state index contributed by atoms with van der Waals surface area (Å²) in [5, 5.41) is 0.530. The number of pyridine rings is 1. The highest BCUT2D eigenvalue weighted by atomic mass is 19.1. The number of aromatic nitrogens is 3. The number of benzene rings is 1. The van der Waals surface area contributed by atoms with Gasteiger partial charge in [0.05, 0.1) is 16.8 Å². The van der Waals surface area contributed by atoms with E-state index >= 15 is 0 Å². The molecule has 1 fully saturated rings. The summed E-state index contributed by atoms with van der Waals surface area (Å²) in [7, 11) is 0. The van der Waals surface area contributed by atoms with Crippen molar-refractivity contribution in [1.82, 2.24) is 19.4 Å². The molecular formula is C23H26FN5O2. The van der Waals surface area contributed by atoms with Crippen molar-refractivity contribution in [3.8, 4) is 0 Å². The van der Waals surface area contributed by atoms with Crippen molar-refractivity contribution in [3.05, 3.63) is 59.6 Å². The van der Waals surface area contributed by atoms with Gasteiger partial charge in [-0.15, -0.1) is 0 Å². The molecule has 31 heavy (non-hydrogen) atoms. The van der Waals surface area contributed by atoms with Gasteiger partial charge in [0, 0.05) is 42.7 Å². The van der Waals surface area contributed by atoms with Gasteiger partial charge in [-0.2, -0.15) is 0 Å². The van der Waals surface area contributed by atoms with Crippen LogP contribution in [-0.2, 0) is 11.3 Å². The van der Waals surface area contributed by atoms with Crippen molar-refractivity contribution in [2.24, 2.45) is 5.73 Å². The Kier molecular flexibility index (Phi) is 5.71. The van der Waals surface area contributed by atoms with Crippen molar-refractivity contribution >= 4 is 22.7 Å². The highest BCUT2D eigenvalue weighted by molar-refractivity contribution is 5.97. The molecule has 1 unspecified atom stereocenters. The number of amides is 2. The largest absolute Gasteiger partial charge is 0.366 e. The molecule has 2 amide bonds. The standard InChI is InChI=1S/C23H26FN5O2/c1-14(2)23-26-7-9-29(23)13-20(30)28-8-3-4-15(12-28)21-18(22(25)31)11-16-10-17(24)5-6-19(16)27-21/h5-7,9-11,14-15H,3-4,8,12-13H2,1-2H3,(H2,25,31). The van der Waals surface area contributed by atoms with Gasteiger partial charge in [-0.3, -0.25) is 14.6 Å². The van der Waals surface area contributed by atoms with Crippen LogP contribution in [0.2, 0.25) is 0 Å². The minimum absolute atomic E-state index is 0.00749. The molecule has 1 aliphatic heterocycles. The molecule has 1 saturated heterocycles. The average Bonchev–Trinajstić information content (AvgIpc) is 3.21. The molecular weight excluding hydrogens is 397 g/mol. The van der Waals surface area contributed by atoms with Crippen LogP contribution in [-0.4, -0.2) is 44.3 Å². The van der Waals surface area contributed by atoms with E-state index in [4.69, 9.17) is 5.73 Å². The number of nitrogens with zero attached hydrogens (tertiary/aromatic N) is 4. The summed E-state index contributed by atoms with van der Waals surface area (Å²) in [5.41, 5.74) is 7.08. The number of hydrogen-bond acceptors (Lipinski definition) is 4. The molecule has 0 radical (unpaired) electrons. The van der Waals surface area contributed by atoms with E-state index in [0.29, 0.717) is 29.7 Å². The lowest BCUT2D eigenvalue weighted by Gasteiger charge is -2.33. The quantitative estimate of drug-likeness (QED) is 0.682. The Labute approximate surface area is 180 Å². The molecule has 4 rings (SSSR count). The van der Waals surface area contributed by atoms with Gasteiger partial charge in [0.1, 0.15) is 18.2 Å². The molecule has 0 saturated carbocycles. The Hall–Kier alpha value is -3.29. The second-order valence-electron chi connectivity index (χ2n) is 8.37. The number of piperidine rings is 1. The van der Waals surface area contributed by atoms with Gasteiger partial charge in [-0.05, 0) is 37.1 Å². The van der Waals surface area contributed by atoms with Crippen molar-refractivity contribution in [1.29, 1.82) is 0 Å². The second-order valence-corrected chi connectivity index (χ2v) is 8.37. The van der Waals surface area contributed by atoms with E-state index in [0.717, 1.165) is 18.7 Å². The van der Waals surface area contributed by atoms with Crippen molar-refractivity contribution in [3.63, 3.8) is 0 Å². The summed E-state index contributed by atoms with van der Waals surface area (Å²) >= 11 is 0. The fourth-order valence-electron chi connectivity index (χ4n) is 4.30. The SMILES string of the molecule is CC(C)c1nccn1CC(=O)N1CCCC(c2nc3ccc(F)cc3cc2C(N)=O)C1. The van der Waals surface area contributed by atoms with E-state index in [-0.39, 0.29) is 29.9 Å². The lowest BCUT2D eigenvalue weighted by Crippen LogP contribution is -2.41. The zero-order valence-corrected chi connectivity index (χ0v) is 17.7. The first-order valence-corrected chi connectivity index (χ1v) is 10.5. The smallest absolute Gasteiger partial charge is 0.250 e. The van der Waals surface area contributed by atoms with Gasteiger partial charge in [0.15, 0.2) is 0 Å². The highest BCUT2D eigenvalue weighted by Gasteiger charge is 2.29. The third-order valence-electron chi connectivity index (χ3n) is 5.80. The summed E-state index contributed by atoms with van der Waals surface area (Å²) in [6.45, 7) is 5.44. The maximum absolute atomic E-state index is 13.6. The number of halogens is 1. The predicted molar refractivity (Wildman–Crippen MR) is 115 cm³/mol. The normalized spacial score (nSPS) is 16.8. The molecule has 2 aromatic heterocycles. The fourth-order valence-corrected chi connectivity index (χ4v) is 4.30. The second kappa shape index (κ2) is 8.45. The van der Waals surface area contributed by atoms with Crippen LogP contribution in [0.15, 0.2) is 36.7 Å². The highest BCUT2D eigenvalue weighted by Crippen LogP contribution is 2.30. The van der Waals surface area contributed by atoms with Gasteiger partial charge in [0.25, 0.3) is 5.91 Å². The van der Waals surface area contributed by atoms with Crippen LogP contribution in [0.1, 0.15) is 60.4 Å². The van der Waals surface area contributed by atoms with Crippen molar-refractivity contribution < 1.29 is 14.0 Å². The third kappa shape index (κ3) is 4.28. The summed E-state index contributed by atoms with van der Waals surface area (Å²) < 4.78 is 15.5. The summed E-state index contributed by atoms with van der Waals surface area (Å²) in [6.07, 6.45) is 5.14. The fraction of sp³-hybridized carbons (Fsp3) is 0.391. The van der Waals surface area contributed by atoms with Crippen LogP contribution >= 0.6 is 0 Å². The average molecular weight is 423 g/mol. The van der Waals surface area contributed by atoms with Gasteiger partial charge < -0.3 is 15.2 Å². The minimum atomic E-state index is -0.600.